The van der Waals surface area contributed by atoms with Crippen molar-refractivity contribution in [3.8, 4) is 5.75 Å². The van der Waals surface area contributed by atoms with Crippen LogP contribution >= 0.6 is 0 Å². The van der Waals surface area contributed by atoms with Crippen molar-refractivity contribution in [1.82, 2.24) is 30.9 Å². The van der Waals surface area contributed by atoms with Crippen LogP contribution in [0.3, 0.4) is 0 Å². The summed E-state index contributed by atoms with van der Waals surface area (Å²) in [5.41, 5.74) is 11.6. The number of aromatic hydroxyl groups is 1. The summed E-state index contributed by atoms with van der Waals surface area (Å²) in [6.45, 7) is 8.77. The van der Waals surface area contributed by atoms with Crippen LogP contribution in [0.25, 0.3) is 0 Å². The van der Waals surface area contributed by atoms with E-state index in [-0.39, 0.29) is 29.3 Å². The van der Waals surface area contributed by atoms with Crippen LogP contribution in [0, 0.1) is 13.8 Å². The Balaban J connectivity index is 1.22. The van der Waals surface area contributed by atoms with E-state index in [1.807, 2.05) is 37.3 Å². The monoisotopic (exact) mass is 541 g/mol. The molecule has 3 heterocycles. The Labute approximate surface area is 233 Å². The van der Waals surface area contributed by atoms with E-state index in [1.54, 1.807) is 11.0 Å². The zero-order valence-electron chi connectivity index (χ0n) is 23.1. The van der Waals surface area contributed by atoms with Crippen molar-refractivity contribution in [3.05, 3.63) is 70.3 Å². The van der Waals surface area contributed by atoms with Crippen LogP contribution in [0.5, 0.6) is 5.75 Å². The number of carbonyl (C=O) groups is 1. The summed E-state index contributed by atoms with van der Waals surface area (Å²) < 4.78 is 0. The van der Waals surface area contributed by atoms with Gasteiger partial charge in [-0.1, -0.05) is 36.8 Å². The van der Waals surface area contributed by atoms with Crippen molar-refractivity contribution < 1.29 is 9.90 Å². The minimum absolute atomic E-state index is 0.168. The number of amidine groups is 1. The SMILES string of the molecule is CCN1CC(=C2N=C(NNc3cccc(C4CCCC(c5nn[nH]n5)C4)c3O)C(=O)N2c2ccc(C)c(C)c2)C1. The van der Waals surface area contributed by atoms with Gasteiger partial charge in [-0.15, -0.1) is 10.2 Å². The van der Waals surface area contributed by atoms with Crippen LogP contribution in [-0.2, 0) is 4.79 Å². The number of likely N-dealkylation sites (tertiary alicyclic amines) is 1. The molecule has 2 unspecified atom stereocenters. The van der Waals surface area contributed by atoms with Crippen LogP contribution in [0.15, 0.2) is 52.8 Å². The first-order valence-electron chi connectivity index (χ1n) is 13.9. The van der Waals surface area contributed by atoms with Crippen LogP contribution < -0.4 is 15.8 Å². The Morgan fingerprint density at radius 2 is 1.90 bits per heavy atom. The molecular formula is C29H35N9O2. The first-order chi connectivity index (χ1) is 19.4. The average molecular weight is 542 g/mol. The van der Waals surface area contributed by atoms with Gasteiger partial charge in [0.2, 0.25) is 5.84 Å². The van der Waals surface area contributed by atoms with E-state index in [2.05, 4.69) is 50.2 Å². The smallest absolute Gasteiger partial charge is 0.301 e. The molecule has 3 aliphatic rings. The number of phenolic OH excluding ortho intramolecular Hbond substituents is 1. The maximum absolute atomic E-state index is 13.6. The normalized spacial score (nSPS) is 21.4. The lowest BCUT2D eigenvalue weighted by atomic mass is 9.77. The minimum atomic E-state index is -0.237. The molecule has 11 nitrogen and oxygen atoms in total. The third-order valence-electron chi connectivity index (χ3n) is 8.40. The average Bonchev–Trinajstić information content (AvgIpc) is 3.58. The molecular weight excluding hydrogens is 506 g/mol. The van der Waals surface area contributed by atoms with E-state index >= 15 is 0 Å². The van der Waals surface area contributed by atoms with Gasteiger partial charge in [0.15, 0.2) is 5.82 Å². The number of nitrogens with one attached hydrogen (secondary N) is 3. The van der Waals surface area contributed by atoms with Crippen molar-refractivity contribution in [2.75, 3.05) is 30.0 Å². The van der Waals surface area contributed by atoms with Gasteiger partial charge in [-0.25, -0.2) is 4.99 Å². The van der Waals surface area contributed by atoms with E-state index in [0.717, 1.165) is 73.5 Å². The number of benzene rings is 2. The molecule has 11 heteroatoms. The number of aryl methyl sites for hydroxylation is 2. The molecule has 6 rings (SSSR count). The van der Waals surface area contributed by atoms with E-state index < -0.39 is 0 Å². The Kier molecular flexibility index (Phi) is 6.97. The Morgan fingerprint density at radius 1 is 1.07 bits per heavy atom. The molecule has 1 saturated heterocycles. The van der Waals surface area contributed by atoms with Crippen molar-refractivity contribution in [3.63, 3.8) is 0 Å². The molecule has 3 aromatic rings. The predicted molar refractivity (Wildman–Crippen MR) is 153 cm³/mol. The number of hydrazine groups is 1. The maximum atomic E-state index is 13.6. The predicted octanol–water partition coefficient (Wildman–Crippen LogP) is 3.87. The molecule has 208 valence electrons. The number of rotatable bonds is 6. The van der Waals surface area contributed by atoms with Gasteiger partial charge >= 0.3 is 5.91 Å². The number of carbonyl (C=O) groups excluding carboxylic acids is 1. The van der Waals surface area contributed by atoms with Crippen LogP contribution in [0.4, 0.5) is 11.4 Å². The highest BCUT2D eigenvalue weighted by molar-refractivity contribution is 6.46. The Bertz CT molecular complexity index is 1470. The zero-order chi connectivity index (χ0) is 27.8. The van der Waals surface area contributed by atoms with Crippen LogP contribution in [0.1, 0.15) is 67.0 Å². The van der Waals surface area contributed by atoms with E-state index in [9.17, 15) is 9.90 Å². The molecule has 2 aliphatic heterocycles. The number of nitrogens with zero attached hydrogens (tertiary/aromatic N) is 6. The highest BCUT2D eigenvalue weighted by atomic mass is 16.3. The lowest BCUT2D eigenvalue weighted by molar-refractivity contribution is -0.112. The van der Waals surface area contributed by atoms with E-state index in [1.165, 1.54) is 5.56 Å². The van der Waals surface area contributed by atoms with Crippen LogP contribution in [0.2, 0.25) is 0 Å². The van der Waals surface area contributed by atoms with Crippen molar-refractivity contribution in [2.45, 2.75) is 58.3 Å². The maximum Gasteiger partial charge on any atom is 0.301 e. The van der Waals surface area contributed by atoms with Gasteiger partial charge in [0, 0.05) is 24.6 Å². The third kappa shape index (κ3) is 4.81. The highest BCUT2D eigenvalue weighted by Crippen LogP contribution is 2.44. The lowest BCUT2D eigenvalue weighted by Crippen LogP contribution is -2.43. The molecule has 1 saturated carbocycles. The van der Waals surface area contributed by atoms with Gasteiger partial charge in [0.05, 0.1) is 11.4 Å². The second kappa shape index (κ2) is 10.7. The molecule has 1 aromatic heterocycles. The largest absolute Gasteiger partial charge is 0.505 e. The van der Waals surface area contributed by atoms with Crippen molar-refractivity contribution >= 4 is 23.1 Å². The molecule has 0 radical (unpaired) electrons. The van der Waals surface area contributed by atoms with E-state index in [0.29, 0.717) is 11.5 Å². The molecule has 2 aromatic carbocycles. The molecule has 2 atom stereocenters. The number of hydrogen-bond donors (Lipinski definition) is 4. The number of likely N-dealkylation sites (N-methyl/N-ethyl adjacent to an activating group) is 1. The Morgan fingerprint density at radius 3 is 2.65 bits per heavy atom. The quantitative estimate of drug-likeness (QED) is 0.273. The number of aromatic amines is 1. The number of aromatic nitrogens is 4. The Hall–Kier alpha value is -4.25. The molecule has 40 heavy (non-hydrogen) atoms. The fourth-order valence-electron chi connectivity index (χ4n) is 5.85. The zero-order valence-corrected chi connectivity index (χ0v) is 23.1. The number of phenols is 1. The number of tetrazole rings is 1. The molecule has 1 amide bonds. The summed E-state index contributed by atoms with van der Waals surface area (Å²) in [5.74, 6) is 1.90. The van der Waals surface area contributed by atoms with Gasteiger partial charge < -0.3 is 5.11 Å². The van der Waals surface area contributed by atoms with Crippen molar-refractivity contribution in [1.29, 1.82) is 0 Å². The van der Waals surface area contributed by atoms with Gasteiger partial charge in [-0.3, -0.25) is 25.4 Å². The molecule has 1 aliphatic carbocycles. The summed E-state index contributed by atoms with van der Waals surface area (Å²) in [5, 5.41) is 25.8. The summed E-state index contributed by atoms with van der Waals surface area (Å²) in [7, 11) is 0. The van der Waals surface area contributed by atoms with Gasteiger partial charge in [-0.2, -0.15) is 5.21 Å². The van der Waals surface area contributed by atoms with Gasteiger partial charge in [0.1, 0.15) is 11.6 Å². The van der Waals surface area contributed by atoms with E-state index in [4.69, 9.17) is 4.99 Å². The highest BCUT2D eigenvalue weighted by Gasteiger charge is 2.37. The first-order valence-corrected chi connectivity index (χ1v) is 13.9. The second-order valence-electron chi connectivity index (χ2n) is 10.9. The third-order valence-corrected chi connectivity index (χ3v) is 8.40. The number of H-pyrrole nitrogens is 1. The number of amides is 1. The topological polar surface area (TPSA) is 135 Å². The van der Waals surface area contributed by atoms with Crippen molar-refractivity contribution in [2.24, 2.45) is 4.99 Å². The van der Waals surface area contributed by atoms with Gasteiger partial charge in [0.25, 0.3) is 0 Å². The number of para-hydroxylation sites is 1. The molecule has 0 bridgehead atoms. The first kappa shape index (κ1) is 26.0. The lowest BCUT2D eigenvalue weighted by Gasteiger charge is -2.34. The summed E-state index contributed by atoms with van der Waals surface area (Å²) in [6, 6.07) is 11.7. The fraction of sp³-hybridized carbons (Fsp3) is 0.414. The number of hydrogen-bond acceptors (Lipinski definition) is 9. The second-order valence-corrected chi connectivity index (χ2v) is 10.9. The summed E-state index contributed by atoms with van der Waals surface area (Å²) in [4.78, 5) is 22.4. The van der Waals surface area contributed by atoms with Crippen LogP contribution in [-0.4, -0.2) is 62.0 Å². The molecule has 4 N–H and O–H groups in total. The van der Waals surface area contributed by atoms with Gasteiger partial charge in [-0.05, 0) is 80.5 Å². The summed E-state index contributed by atoms with van der Waals surface area (Å²) >= 11 is 0. The summed E-state index contributed by atoms with van der Waals surface area (Å²) in [6.07, 6.45) is 3.83. The minimum Gasteiger partial charge on any atom is -0.505 e. The molecule has 2 fully saturated rings. The number of aliphatic imine (C=N–C) groups is 1. The standard InChI is InChI=1S/C29H35N9O2/c1-4-37-15-21(16-37)28-30-27(29(40)38(28)22-12-11-17(2)18(3)13-22)32-31-24-10-6-9-23(25(24)39)19-7-5-8-20(14-19)26-33-35-36-34-26/h6,9-13,19-20,31,39H,4-5,7-8,14-16H2,1-3H3,(H,30,32)(H,33,34,35,36). The number of anilines is 2. The molecule has 0 spiro atoms. The fourth-order valence-corrected chi connectivity index (χ4v) is 5.85.